The number of nitrogens with zero attached hydrogens (tertiary/aromatic N) is 3. The molecule has 17 heavy (non-hydrogen) atoms. The predicted molar refractivity (Wildman–Crippen MR) is 62.6 cm³/mol. The fourth-order valence-corrected chi connectivity index (χ4v) is 1.86. The number of carbonyl (C=O) groups is 1. The fourth-order valence-electron chi connectivity index (χ4n) is 1.86. The lowest BCUT2D eigenvalue weighted by Gasteiger charge is -2.27. The van der Waals surface area contributed by atoms with Crippen LogP contribution in [-0.4, -0.2) is 48.2 Å². The number of ether oxygens (including phenoxy) is 1. The van der Waals surface area contributed by atoms with Crippen molar-refractivity contribution in [3.05, 3.63) is 18.6 Å². The summed E-state index contributed by atoms with van der Waals surface area (Å²) >= 11 is 0. The van der Waals surface area contributed by atoms with Crippen LogP contribution in [0.25, 0.3) is 0 Å². The SMILES string of the molecule is CNC1COCC(C)N(c2ccncn2)C1=O. The van der Waals surface area contributed by atoms with E-state index in [4.69, 9.17) is 4.74 Å². The van der Waals surface area contributed by atoms with Crippen molar-refractivity contribution >= 4 is 11.7 Å². The van der Waals surface area contributed by atoms with Gasteiger partial charge in [-0.25, -0.2) is 9.97 Å². The van der Waals surface area contributed by atoms with Crippen LogP contribution in [0.15, 0.2) is 18.6 Å². The van der Waals surface area contributed by atoms with E-state index in [2.05, 4.69) is 15.3 Å². The summed E-state index contributed by atoms with van der Waals surface area (Å²) in [5.41, 5.74) is 0. The van der Waals surface area contributed by atoms with E-state index in [-0.39, 0.29) is 18.0 Å². The highest BCUT2D eigenvalue weighted by molar-refractivity contribution is 5.97. The Kier molecular flexibility index (Phi) is 3.65. The summed E-state index contributed by atoms with van der Waals surface area (Å²) in [6.07, 6.45) is 3.07. The maximum absolute atomic E-state index is 12.3. The van der Waals surface area contributed by atoms with Crippen LogP contribution in [0.3, 0.4) is 0 Å². The number of likely N-dealkylation sites (N-methyl/N-ethyl adjacent to an activating group) is 1. The molecule has 1 fully saturated rings. The van der Waals surface area contributed by atoms with Crippen molar-refractivity contribution in [3.63, 3.8) is 0 Å². The molecule has 2 heterocycles. The van der Waals surface area contributed by atoms with E-state index < -0.39 is 0 Å². The lowest BCUT2D eigenvalue weighted by molar-refractivity contribution is -0.120. The molecule has 0 radical (unpaired) electrons. The molecule has 6 nitrogen and oxygen atoms in total. The van der Waals surface area contributed by atoms with Crippen molar-refractivity contribution in [2.45, 2.75) is 19.0 Å². The Morgan fingerprint density at radius 1 is 1.53 bits per heavy atom. The molecule has 2 atom stereocenters. The second-order valence-electron chi connectivity index (χ2n) is 4.00. The first-order chi connectivity index (χ1) is 8.24. The molecule has 0 bridgehead atoms. The molecule has 1 N–H and O–H groups in total. The number of hydrogen-bond acceptors (Lipinski definition) is 5. The predicted octanol–water partition coefficient (Wildman–Crippen LogP) is -0.184. The van der Waals surface area contributed by atoms with Crippen LogP contribution in [0, 0.1) is 0 Å². The van der Waals surface area contributed by atoms with Crippen molar-refractivity contribution in [1.29, 1.82) is 0 Å². The summed E-state index contributed by atoms with van der Waals surface area (Å²) in [7, 11) is 1.75. The van der Waals surface area contributed by atoms with Gasteiger partial charge in [-0.1, -0.05) is 0 Å². The Morgan fingerprint density at radius 3 is 3.00 bits per heavy atom. The number of anilines is 1. The number of amides is 1. The molecular weight excluding hydrogens is 220 g/mol. The van der Waals surface area contributed by atoms with E-state index in [1.165, 1.54) is 6.33 Å². The smallest absolute Gasteiger partial charge is 0.247 e. The maximum Gasteiger partial charge on any atom is 0.247 e. The van der Waals surface area contributed by atoms with Gasteiger partial charge in [0.15, 0.2) is 0 Å². The van der Waals surface area contributed by atoms with E-state index in [0.29, 0.717) is 19.0 Å². The quantitative estimate of drug-likeness (QED) is 0.771. The first-order valence-electron chi connectivity index (χ1n) is 5.58. The van der Waals surface area contributed by atoms with Gasteiger partial charge >= 0.3 is 0 Å². The Hall–Kier alpha value is -1.53. The van der Waals surface area contributed by atoms with Crippen LogP contribution in [0.5, 0.6) is 0 Å². The zero-order valence-corrected chi connectivity index (χ0v) is 9.96. The summed E-state index contributed by atoms with van der Waals surface area (Å²) in [5.74, 6) is 0.597. The third-order valence-electron chi connectivity index (χ3n) is 2.78. The van der Waals surface area contributed by atoms with Crippen molar-refractivity contribution in [3.8, 4) is 0 Å². The second kappa shape index (κ2) is 5.20. The van der Waals surface area contributed by atoms with Gasteiger partial charge in [0.1, 0.15) is 18.2 Å². The third-order valence-corrected chi connectivity index (χ3v) is 2.78. The van der Waals surface area contributed by atoms with Gasteiger partial charge in [0.05, 0.1) is 19.3 Å². The van der Waals surface area contributed by atoms with E-state index in [1.54, 1.807) is 24.2 Å². The average molecular weight is 236 g/mol. The highest BCUT2D eigenvalue weighted by Gasteiger charge is 2.32. The minimum atomic E-state index is -0.324. The van der Waals surface area contributed by atoms with E-state index >= 15 is 0 Å². The lowest BCUT2D eigenvalue weighted by atomic mass is 10.2. The lowest BCUT2D eigenvalue weighted by Crippen LogP contribution is -2.49. The monoisotopic (exact) mass is 236 g/mol. The van der Waals surface area contributed by atoms with Crippen LogP contribution < -0.4 is 10.2 Å². The molecule has 2 rings (SSSR count). The topological polar surface area (TPSA) is 67.3 Å². The van der Waals surface area contributed by atoms with Crippen molar-refractivity contribution < 1.29 is 9.53 Å². The van der Waals surface area contributed by atoms with Gasteiger partial charge in [-0.3, -0.25) is 9.69 Å². The van der Waals surface area contributed by atoms with E-state index in [9.17, 15) is 4.79 Å². The zero-order chi connectivity index (χ0) is 12.3. The number of aromatic nitrogens is 2. The van der Waals surface area contributed by atoms with E-state index in [0.717, 1.165) is 0 Å². The summed E-state index contributed by atoms with van der Waals surface area (Å²) < 4.78 is 5.46. The Balaban J connectivity index is 2.31. The highest BCUT2D eigenvalue weighted by atomic mass is 16.5. The molecule has 1 aliphatic rings. The number of rotatable bonds is 2. The second-order valence-corrected chi connectivity index (χ2v) is 4.00. The molecule has 0 saturated carbocycles. The summed E-state index contributed by atoms with van der Waals surface area (Å²) in [4.78, 5) is 22.0. The zero-order valence-electron chi connectivity index (χ0n) is 9.96. The number of carbonyl (C=O) groups excluding carboxylic acids is 1. The van der Waals surface area contributed by atoms with Gasteiger partial charge in [0.2, 0.25) is 5.91 Å². The van der Waals surface area contributed by atoms with Crippen LogP contribution >= 0.6 is 0 Å². The average Bonchev–Trinajstić information content (AvgIpc) is 2.49. The highest BCUT2D eigenvalue weighted by Crippen LogP contribution is 2.17. The summed E-state index contributed by atoms with van der Waals surface area (Å²) in [5, 5.41) is 2.95. The minimum Gasteiger partial charge on any atom is -0.377 e. The normalized spacial score (nSPS) is 25.8. The number of nitrogens with one attached hydrogen (secondary N) is 1. The molecule has 0 aliphatic carbocycles. The molecule has 1 saturated heterocycles. The fraction of sp³-hybridized carbons (Fsp3) is 0.545. The molecule has 1 amide bonds. The third kappa shape index (κ3) is 2.42. The minimum absolute atomic E-state index is 0.0174. The summed E-state index contributed by atoms with van der Waals surface area (Å²) in [6, 6.07) is 1.37. The Labute approximate surface area is 100 Å². The van der Waals surface area contributed by atoms with Gasteiger partial charge in [0, 0.05) is 6.20 Å². The Bertz CT molecular complexity index is 384. The van der Waals surface area contributed by atoms with Gasteiger partial charge in [-0.2, -0.15) is 0 Å². The molecular formula is C11H16N4O2. The molecule has 0 aromatic carbocycles. The molecule has 1 aliphatic heterocycles. The largest absolute Gasteiger partial charge is 0.377 e. The van der Waals surface area contributed by atoms with Crippen molar-refractivity contribution in [1.82, 2.24) is 15.3 Å². The van der Waals surface area contributed by atoms with Crippen LogP contribution in [-0.2, 0) is 9.53 Å². The number of hydrogen-bond donors (Lipinski definition) is 1. The molecule has 2 unspecified atom stereocenters. The van der Waals surface area contributed by atoms with Gasteiger partial charge < -0.3 is 10.1 Å². The summed E-state index contributed by atoms with van der Waals surface area (Å²) in [6.45, 7) is 2.84. The maximum atomic E-state index is 12.3. The van der Waals surface area contributed by atoms with Gasteiger partial charge in [-0.15, -0.1) is 0 Å². The molecule has 92 valence electrons. The van der Waals surface area contributed by atoms with Gasteiger partial charge in [-0.05, 0) is 20.0 Å². The first kappa shape index (κ1) is 11.9. The van der Waals surface area contributed by atoms with Crippen molar-refractivity contribution in [2.75, 3.05) is 25.2 Å². The molecule has 6 heteroatoms. The van der Waals surface area contributed by atoms with Crippen LogP contribution in [0.2, 0.25) is 0 Å². The Morgan fingerprint density at radius 2 is 2.35 bits per heavy atom. The molecule has 1 aromatic rings. The van der Waals surface area contributed by atoms with Crippen LogP contribution in [0.4, 0.5) is 5.82 Å². The standard InChI is InChI=1S/C11H16N4O2/c1-8-5-17-6-9(12-2)11(16)15(8)10-3-4-13-7-14-10/h3-4,7-9,12H,5-6H2,1-2H3. The molecule has 0 spiro atoms. The molecule has 1 aromatic heterocycles. The first-order valence-corrected chi connectivity index (χ1v) is 5.58. The van der Waals surface area contributed by atoms with Crippen molar-refractivity contribution in [2.24, 2.45) is 0 Å². The van der Waals surface area contributed by atoms with Gasteiger partial charge in [0.25, 0.3) is 0 Å². The van der Waals surface area contributed by atoms with Crippen LogP contribution in [0.1, 0.15) is 6.92 Å². The van der Waals surface area contributed by atoms with E-state index in [1.807, 2.05) is 6.92 Å².